The molecule has 34 heavy (non-hydrogen) atoms. The van der Waals surface area contributed by atoms with E-state index in [1.807, 2.05) is 30.3 Å². The first-order valence-corrected chi connectivity index (χ1v) is 11.2. The summed E-state index contributed by atoms with van der Waals surface area (Å²) in [4.78, 5) is 19.6. The van der Waals surface area contributed by atoms with Gasteiger partial charge in [0.25, 0.3) is 0 Å². The van der Waals surface area contributed by atoms with E-state index in [0.29, 0.717) is 32.5 Å². The SMILES string of the molecule is O=C(Nc1cc(F)ccc1F)C1CCN(c2nc3ccccc3n2Cc2cccc(F)c2)CC1. The predicted molar refractivity (Wildman–Crippen MR) is 125 cm³/mol. The van der Waals surface area contributed by atoms with Gasteiger partial charge in [0.2, 0.25) is 11.9 Å². The molecule has 174 valence electrons. The number of aromatic nitrogens is 2. The number of piperidine rings is 1. The Morgan fingerprint density at radius 3 is 2.50 bits per heavy atom. The minimum atomic E-state index is -0.668. The Labute approximate surface area is 194 Å². The Balaban J connectivity index is 1.33. The van der Waals surface area contributed by atoms with E-state index in [-0.39, 0.29) is 23.3 Å². The van der Waals surface area contributed by atoms with E-state index in [1.165, 1.54) is 12.1 Å². The quantitative estimate of drug-likeness (QED) is 0.433. The average molecular weight is 464 g/mol. The fourth-order valence-electron chi connectivity index (χ4n) is 4.45. The molecule has 1 N–H and O–H groups in total. The molecule has 2 heterocycles. The van der Waals surface area contributed by atoms with Gasteiger partial charge in [-0.25, -0.2) is 18.2 Å². The Morgan fingerprint density at radius 2 is 1.71 bits per heavy atom. The molecule has 0 radical (unpaired) electrons. The maximum atomic E-state index is 13.9. The molecule has 5 nitrogen and oxygen atoms in total. The summed E-state index contributed by atoms with van der Waals surface area (Å²) in [5, 5.41) is 2.52. The number of carbonyl (C=O) groups excluding carboxylic acids is 1. The summed E-state index contributed by atoms with van der Waals surface area (Å²) in [6.07, 6.45) is 1.10. The zero-order valence-electron chi connectivity index (χ0n) is 18.3. The van der Waals surface area contributed by atoms with Crippen molar-refractivity contribution in [3.63, 3.8) is 0 Å². The van der Waals surface area contributed by atoms with Crippen LogP contribution in [0, 0.1) is 23.4 Å². The van der Waals surface area contributed by atoms with Crippen LogP contribution in [-0.4, -0.2) is 28.5 Å². The number of rotatable bonds is 5. The number of fused-ring (bicyclic) bond motifs is 1. The van der Waals surface area contributed by atoms with Crippen molar-refractivity contribution in [1.82, 2.24) is 9.55 Å². The van der Waals surface area contributed by atoms with Gasteiger partial charge in [-0.05, 0) is 54.8 Å². The van der Waals surface area contributed by atoms with Gasteiger partial charge in [0, 0.05) is 25.1 Å². The van der Waals surface area contributed by atoms with Crippen LogP contribution in [0.5, 0.6) is 0 Å². The molecular weight excluding hydrogens is 441 g/mol. The van der Waals surface area contributed by atoms with Crippen LogP contribution in [0.2, 0.25) is 0 Å². The van der Waals surface area contributed by atoms with E-state index in [1.54, 1.807) is 6.07 Å². The second-order valence-electron chi connectivity index (χ2n) is 8.49. The van der Waals surface area contributed by atoms with Gasteiger partial charge in [-0.2, -0.15) is 0 Å². The predicted octanol–water partition coefficient (Wildman–Crippen LogP) is 5.36. The number of para-hydroxylation sites is 2. The molecule has 1 aromatic heterocycles. The first-order chi connectivity index (χ1) is 16.5. The molecule has 1 aliphatic heterocycles. The topological polar surface area (TPSA) is 50.2 Å². The summed E-state index contributed by atoms with van der Waals surface area (Å²) in [6, 6.07) is 17.3. The van der Waals surface area contributed by atoms with E-state index in [9.17, 15) is 18.0 Å². The van der Waals surface area contributed by atoms with Crippen molar-refractivity contribution in [3.05, 3.63) is 89.7 Å². The van der Waals surface area contributed by atoms with Crippen molar-refractivity contribution in [2.45, 2.75) is 19.4 Å². The van der Waals surface area contributed by atoms with E-state index < -0.39 is 11.6 Å². The Morgan fingerprint density at radius 1 is 0.941 bits per heavy atom. The second-order valence-corrected chi connectivity index (χ2v) is 8.49. The number of amides is 1. The number of carbonyl (C=O) groups is 1. The molecule has 1 aliphatic rings. The lowest BCUT2D eigenvalue weighted by molar-refractivity contribution is -0.120. The van der Waals surface area contributed by atoms with Gasteiger partial charge >= 0.3 is 0 Å². The van der Waals surface area contributed by atoms with E-state index in [2.05, 4.69) is 14.8 Å². The van der Waals surface area contributed by atoms with Crippen molar-refractivity contribution in [3.8, 4) is 0 Å². The highest BCUT2D eigenvalue weighted by Gasteiger charge is 2.28. The molecule has 3 aromatic carbocycles. The van der Waals surface area contributed by atoms with E-state index >= 15 is 0 Å². The number of nitrogens with one attached hydrogen (secondary N) is 1. The first kappa shape index (κ1) is 22.0. The molecule has 1 amide bonds. The molecule has 0 saturated carbocycles. The van der Waals surface area contributed by atoms with E-state index in [0.717, 1.165) is 40.7 Å². The van der Waals surface area contributed by atoms with Gasteiger partial charge in [-0.1, -0.05) is 24.3 Å². The van der Waals surface area contributed by atoms with Crippen LogP contribution in [0.4, 0.5) is 24.8 Å². The highest BCUT2D eigenvalue weighted by atomic mass is 19.1. The van der Waals surface area contributed by atoms with Gasteiger partial charge in [-0.15, -0.1) is 0 Å². The Bertz CT molecular complexity index is 1350. The fraction of sp³-hybridized carbons (Fsp3) is 0.231. The molecule has 0 atom stereocenters. The summed E-state index contributed by atoms with van der Waals surface area (Å²) in [6.45, 7) is 1.62. The van der Waals surface area contributed by atoms with Crippen molar-refractivity contribution >= 4 is 28.6 Å². The second kappa shape index (κ2) is 9.21. The lowest BCUT2D eigenvalue weighted by atomic mass is 9.96. The number of imidazole rings is 1. The molecule has 0 unspecified atom stereocenters. The molecule has 0 bridgehead atoms. The maximum absolute atomic E-state index is 13.9. The summed E-state index contributed by atoms with van der Waals surface area (Å²) >= 11 is 0. The van der Waals surface area contributed by atoms with Crippen LogP contribution in [0.3, 0.4) is 0 Å². The molecule has 1 fully saturated rings. The number of benzene rings is 3. The minimum absolute atomic E-state index is 0.149. The lowest BCUT2D eigenvalue weighted by Crippen LogP contribution is -2.39. The van der Waals surface area contributed by atoms with Crippen molar-refractivity contribution < 1.29 is 18.0 Å². The highest BCUT2D eigenvalue weighted by Crippen LogP contribution is 2.29. The van der Waals surface area contributed by atoms with Gasteiger partial charge in [-0.3, -0.25) is 4.79 Å². The summed E-state index contributed by atoms with van der Waals surface area (Å²) in [5.41, 5.74) is 2.47. The number of nitrogens with zero attached hydrogens (tertiary/aromatic N) is 3. The fourth-order valence-corrected chi connectivity index (χ4v) is 4.45. The van der Waals surface area contributed by atoms with Crippen molar-refractivity contribution in [2.75, 3.05) is 23.3 Å². The molecule has 5 rings (SSSR count). The first-order valence-electron chi connectivity index (χ1n) is 11.2. The van der Waals surface area contributed by atoms with Crippen molar-refractivity contribution in [2.24, 2.45) is 5.92 Å². The molecule has 8 heteroatoms. The van der Waals surface area contributed by atoms with Crippen LogP contribution >= 0.6 is 0 Å². The Hall–Kier alpha value is -3.81. The molecule has 1 saturated heterocycles. The summed E-state index contributed by atoms with van der Waals surface area (Å²) in [7, 11) is 0. The van der Waals surface area contributed by atoms with Crippen molar-refractivity contribution in [1.29, 1.82) is 0 Å². The third kappa shape index (κ3) is 4.48. The minimum Gasteiger partial charge on any atom is -0.342 e. The zero-order valence-corrected chi connectivity index (χ0v) is 18.3. The molecule has 0 aliphatic carbocycles. The van der Waals surface area contributed by atoms with Gasteiger partial charge in [0.15, 0.2) is 0 Å². The van der Waals surface area contributed by atoms with Gasteiger partial charge in [0.1, 0.15) is 17.5 Å². The molecule has 4 aromatic rings. The average Bonchev–Trinajstić information content (AvgIpc) is 3.20. The standard InChI is InChI=1S/C26H23F3N4O/c27-19-5-3-4-17(14-19)16-33-24-7-2-1-6-22(24)31-26(33)32-12-10-18(11-13-32)25(34)30-23-15-20(28)8-9-21(23)29/h1-9,14-15,18H,10-13,16H2,(H,30,34). The van der Waals surface area contributed by atoms with Crippen LogP contribution in [0.15, 0.2) is 66.7 Å². The Kier molecular flexibility index (Phi) is 5.96. The molecule has 0 spiro atoms. The van der Waals surface area contributed by atoms with Gasteiger partial charge in [0.05, 0.1) is 23.3 Å². The number of halogens is 3. The third-order valence-electron chi connectivity index (χ3n) is 6.20. The zero-order chi connectivity index (χ0) is 23.7. The number of hydrogen-bond donors (Lipinski definition) is 1. The smallest absolute Gasteiger partial charge is 0.227 e. The van der Waals surface area contributed by atoms with Gasteiger partial charge < -0.3 is 14.8 Å². The highest BCUT2D eigenvalue weighted by molar-refractivity contribution is 5.92. The summed E-state index contributed by atoms with van der Waals surface area (Å²) < 4.78 is 43.2. The van der Waals surface area contributed by atoms with Crippen LogP contribution in [-0.2, 0) is 11.3 Å². The van der Waals surface area contributed by atoms with Crippen LogP contribution in [0.25, 0.3) is 11.0 Å². The summed E-state index contributed by atoms with van der Waals surface area (Å²) in [5.74, 6) is -1.44. The van der Waals surface area contributed by atoms with Crippen LogP contribution < -0.4 is 10.2 Å². The lowest BCUT2D eigenvalue weighted by Gasteiger charge is -2.32. The van der Waals surface area contributed by atoms with Crippen LogP contribution in [0.1, 0.15) is 18.4 Å². The molecular formula is C26H23F3N4O. The largest absolute Gasteiger partial charge is 0.342 e. The number of anilines is 2. The monoisotopic (exact) mass is 464 g/mol. The third-order valence-corrected chi connectivity index (χ3v) is 6.20. The normalized spacial score (nSPS) is 14.5. The maximum Gasteiger partial charge on any atom is 0.227 e. The van der Waals surface area contributed by atoms with E-state index in [4.69, 9.17) is 4.98 Å². The number of hydrogen-bond acceptors (Lipinski definition) is 3.